The quantitative estimate of drug-likeness (QED) is 0.704. The van der Waals surface area contributed by atoms with Crippen molar-refractivity contribution >= 4 is 19.7 Å². The molecule has 118 valence electrons. The van der Waals surface area contributed by atoms with Gasteiger partial charge in [0.25, 0.3) is 0 Å². The average Bonchev–Trinajstić information content (AvgIpc) is 2.39. The first-order chi connectivity index (χ1) is 9.49. The molecule has 1 heterocycles. The van der Waals surface area contributed by atoms with Crippen LogP contribution in [0.1, 0.15) is 51.4 Å². The molecule has 0 amide bonds. The van der Waals surface area contributed by atoms with Crippen LogP contribution in [0.2, 0.25) is 0 Å². The standard InChI is InChI=1S/C14H25ClO4S/c15-20(16,17)12-14(7-3-1-4-8-14)11-18-10-13-6-2-5-9-19-13/h13H,1-12H2. The Hall–Kier alpha value is 0.160. The van der Waals surface area contributed by atoms with E-state index < -0.39 is 9.05 Å². The maximum atomic E-state index is 11.5. The lowest BCUT2D eigenvalue weighted by atomic mass is 9.76. The van der Waals surface area contributed by atoms with Crippen LogP contribution in [0, 0.1) is 5.41 Å². The lowest BCUT2D eigenvalue weighted by molar-refractivity contribution is -0.0607. The second-order valence-electron chi connectivity index (χ2n) is 6.25. The normalized spacial score (nSPS) is 27.4. The third-order valence-corrected chi connectivity index (χ3v) is 5.66. The van der Waals surface area contributed by atoms with Gasteiger partial charge in [-0.15, -0.1) is 0 Å². The second kappa shape index (κ2) is 7.43. The van der Waals surface area contributed by atoms with Crippen LogP contribution in [0.4, 0.5) is 0 Å². The van der Waals surface area contributed by atoms with Gasteiger partial charge < -0.3 is 9.47 Å². The van der Waals surface area contributed by atoms with Crippen LogP contribution in [0.3, 0.4) is 0 Å². The fourth-order valence-corrected chi connectivity index (χ4v) is 5.14. The van der Waals surface area contributed by atoms with Crippen molar-refractivity contribution in [1.29, 1.82) is 0 Å². The van der Waals surface area contributed by atoms with Crippen molar-refractivity contribution < 1.29 is 17.9 Å². The predicted octanol–water partition coefficient (Wildman–Crippen LogP) is 3.09. The molecule has 0 bridgehead atoms. The number of ether oxygens (including phenoxy) is 2. The molecule has 2 rings (SSSR count). The summed E-state index contributed by atoms with van der Waals surface area (Å²) in [5, 5.41) is 0. The van der Waals surface area contributed by atoms with E-state index in [0.29, 0.717) is 13.2 Å². The molecular weight excluding hydrogens is 300 g/mol. The number of hydrogen-bond acceptors (Lipinski definition) is 4. The molecule has 1 aliphatic carbocycles. The Labute approximate surface area is 126 Å². The van der Waals surface area contributed by atoms with Gasteiger partial charge in [0.15, 0.2) is 0 Å². The van der Waals surface area contributed by atoms with Crippen molar-refractivity contribution in [3.8, 4) is 0 Å². The Bertz CT molecular complexity index is 384. The van der Waals surface area contributed by atoms with Crippen molar-refractivity contribution in [1.82, 2.24) is 0 Å². The molecule has 1 aliphatic heterocycles. The molecule has 0 aromatic rings. The minimum absolute atomic E-state index is 0.0348. The maximum absolute atomic E-state index is 11.5. The van der Waals surface area contributed by atoms with Gasteiger partial charge in [-0.1, -0.05) is 19.3 Å². The van der Waals surface area contributed by atoms with Crippen molar-refractivity contribution in [3.05, 3.63) is 0 Å². The molecule has 0 N–H and O–H groups in total. The molecule has 20 heavy (non-hydrogen) atoms. The summed E-state index contributed by atoms with van der Waals surface area (Å²) in [7, 11) is 2.00. The van der Waals surface area contributed by atoms with E-state index in [0.717, 1.165) is 45.1 Å². The van der Waals surface area contributed by atoms with Gasteiger partial charge in [0.2, 0.25) is 9.05 Å². The Morgan fingerprint density at radius 2 is 1.90 bits per heavy atom. The van der Waals surface area contributed by atoms with E-state index in [1.165, 1.54) is 12.8 Å². The number of rotatable bonds is 6. The first kappa shape index (κ1) is 16.5. The first-order valence-electron chi connectivity index (χ1n) is 7.61. The van der Waals surface area contributed by atoms with Crippen molar-refractivity contribution in [2.24, 2.45) is 5.41 Å². The molecule has 0 spiro atoms. The highest BCUT2D eigenvalue weighted by molar-refractivity contribution is 8.13. The van der Waals surface area contributed by atoms with Gasteiger partial charge in [-0.25, -0.2) is 8.42 Å². The largest absolute Gasteiger partial charge is 0.378 e. The van der Waals surface area contributed by atoms with Gasteiger partial charge in [-0.3, -0.25) is 0 Å². The molecule has 0 aromatic heterocycles. The summed E-state index contributed by atoms with van der Waals surface area (Å²) < 4.78 is 34.4. The average molecular weight is 325 g/mol. The monoisotopic (exact) mass is 324 g/mol. The summed E-state index contributed by atoms with van der Waals surface area (Å²) in [6, 6.07) is 0. The van der Waals surface area contributed by atoms with E-state index in [1.807, 2.05) is 0 Å². The molecule has 1 saturated heterocycles. The van der Waals surface area contributed by atoms with Gasteiger partial charge in [0, 0.05) is 22.7 Å². The van der Waals surface area contributed by atoms with Crippen LogP contribution < -0.4 is 0 Å². The molecule has 1 unspecified atom stereocenters. The van der Waals surface area contributed by atoms with Gasteiger partial charge in [-0.05, 0) is 32.1 Å². The van der Waals surface area contributed by atoms with E-state index >= 15 is 0 Å². The number of halogens is 1. The summed E-state index contributed by atoms with van der Waals surface area (Å²) in [6.45, 7) is 1.87. The predicted molar refractivity (Wildman–Crippen MR) is 79.6 cm³/mol. The highest BCUT2D eigenvalue weighted by Crippen LogP contribution is 2.38. The topological polar surface area (TPSA) is 52.6 Å². The summed E-state index contributed by atoms with van der Waals surface area (Å²) >= 11 is 0. The van der Waals surface area contributed by atoms with E-state index in [9.17, 15) is 8.42 Å². The van der Waals surface area contributed by atoms with Crippen LogP contribution >= 0.6 is 10.7 Å². The van der Waals surface area contributed by atoms with E-state index in [-0.39, 0.29) is 17.3 Å². The molecule has 1 atom stereocenters. The molecular formula is C14H25ClO4S. The van der Waals surface area contributed by atoms with Gasteiger partial charge in [0.05, 0.1) is 25.1 Å². The summed E-state index contributed by atoms with van der Waals surface area (Å²) in [5.41, 5.74) is -0.284. The van der Waals surface area contributed by atoms with Crippen molar-refractivity contribution in [2.45, 2.75) is 57.5 Å². The molecule has 0 radical (unpaired) electrons. The van der Waals surface area contributed by atoms with E-state index in [1.54, 1.807) is 0 Å². The highest BCUT2D eigenvalue weighted by Gasteiger charge is 2.36. The number of hydrogen-bond donors (Lipinski definition) is 0. The molecule has 0 aromatic carbocycles. The molecule has 1 saturated carbocycles. The van der Waals surface area contributed by atoms with Crippen molar-refractivity contribution in [2.75, 3.05) is 25.6 Å². The van der Waals surface area contributed by atoms with Crippen LogP contribution in [-0.2, 0) is 18.5 Å². The summed E-state index contributed by atoms with van der Waals surface area (Å²) in [5.74, 6) is 0.0348. The van der Waals surface area contributed by atoms with Gasteiger partial charge >= 0.3 is 0 Å². The lowest BCUT2D eigenvalue weighted by Crippen LogP contribution is -2.37. The minimum atomic E-state index is -3.48. The maximum Gasteiger partial charge on any atom is 0.233 e. The Morgan fingerprint density at radius 1 is 1.15 bits per heavy atom. The lowest BCUT2D eigenvalue weighted by Gasteiger charge is -2.36. The zero-order valence-electron chi connectivity index (χ0n) is 12.0. The molecule has 2 aliphatic rings. The Morgan fingerprint density at radius 3 is 2.50 bits per heavy atom. The minimum Gasteiger partial charge on any atom is -0.378 e. The second-order valence-corrected chi connectivity index (χ2v) is 9.02. The smallest absolute Gasteiger partial charge is 0.233 e. The van der Waals surface area contributed by atoms with Crippen molar-refractivity contribution in [3.63, 3.8) is 0 Å². The third-order valence-electron chi connectivity index (χ3n) is 4.38. The Kier molecular flexibility index (Phi) is 6.14. The van der Waals surface area contributed by atoms with Crippen LogP contribution in [0.15, 0.2) is 0 Å². The van der Waals surface area contributed by atoms with Crippen LogP contribution in [0.25, 0.3) is 0 Å². The summed E-state index contributed by atoms with van der Waals surface area (Å²) in [6.07, 6.45) is 8.63. The molecule has 6 heteroatoms. The SMILES string of the molecule is O=S(=O)(Cl)CC1(COCC2CCCCO2)CCCCC1. The highest BCUT2D eigenvalue weighted by atomic mass is 35.7. The molecule has 4 nitrogen and oxygen atoms in total. The summed E-state index contributed by atoms with van der Waals surface area (Å²) in [4.78, 5) is 0. The zero-order chi connectivity index (χ0) is 14.5. The van der Waals surface area contributed by atoms with E-state index in [4.69, 9.17) is 20.2 Å². The van der Waals surface area contributed by atoms with Crippen LogP contribution in [0.5, 0.6) is 0 Å². The fourth-order valence-electron chi connectivity index (χ4n) is 3.34. The molecule has 2 fully saturated rings. The Balaban J connectivity index is 1.83. The first-order valence-corrected chi connectivity index (χ1v) is 10.1. The fraction of sp³-hybridized carbons (Fsp3) is 1.00. The van der Waals surface area contributed by atoms with Gasteiger partial charge in [-0.2, -0.15) is 0 Å². The van der Waals surface area contributed by atoms with E-state index in [2.05, 4.69) is 0 Å². The van der Waals surface area contributed by atoms with Crippen LogP contribution in [-0.4, -0.2) is 40.1 Å². The zero-order valence-corrected chi connectivity index (χ0v) is 13.6. The van der Waals surface area contributed by atoms with Gasteiger partial charge in [0.1, 0.15) is 0 Å². The third kappa shape index (κ3) is 5.51.